The van der Waals surface area contributed by atoms with Gasteiger partial charge in [-0.15, -0.1) is 11.3 Å². The Hall–Kier alpha value is -1.56. The Morgan fingerprint density at radius 2 is 2.00 bits per heavy atom. The number of thiophene rings is 1. The van der Waals surface area contributed by atoms with Crippen LogP contribution in [0.4, 0.5) is 5.69 Å². The molecule has 122 valence electrons. The van der Waals surface area contributed by atoms with Crippen LogP contribution in [-0.4, -0.2) is 32.1 Å². The standard InChI is InChI=1S/C17H19ClN2O2S/c1-20(13-7-9-19-10-8-13)14-11-15(12-5-3-2-4-6-12)23-16(14)17(21)22-18/h2-6,11,13,19H,7-10H2,1H3. The average molecular weight is 351 g/mol. The molecule has 0 saturated carbocycles. The molecule has 0 aliphatic carbocycles. The van der Waals surface area contributed by atoms with E-state index in [4.69, 9.17) is 11.9 Å². The third-order valence-electron chi connectivity index (χ3n) is 4.26. The van der Waals surface area contributed by atoms with Crippen molar-refractivity contribution in [1.82, 2.24) is 5.32 Å². The highest BCUT2D eigenvalue weighted by Gasteiger charge is 2.26. The molecule has 0 radical (unpaired) electrons. The molecule has 1 N–H and O–H groups in total. The minimum Gasteiger partial charge on any atom is -0.370 e. The van der Waals surface area contributed by atoms with Gasteiger partial charge >= 0.3 is 5.97 Å². The smallest absolute Gasteiger partial charge is 0.368 e. The first-order chi connectivity index (χ1) is 11.2. The first-order valence-corrected chi connectivity index (χ1v) is 8.79. The van der Waals surface area contributed by atoms with Crippen molar-refractivity contribution in [1.29, 1.82) is 0 Å². The molecule has 23 heavy (non-hydrogen) atoms. The molecule has 0 bridgehead atoms. The molecule has 3 rings (SSSR count). The molecular weight excluding hydrogens is 332 g/mol. The fourth-order valence-corrected chi connectivity index (χ4v) is 4.16. The summed E-state index contributed by atoms with van der Waals surface area (Å²) in [5.41, 5.74) is 1.98. The van der Waals surface area contributed by atoms with Crippen molar-refractivity contribution in [2.45, 2.75) is 18.9 Å². The van der Waals surface area contributed by atoms with Gasteiger partial charge in [0, 0.05) is 18.0 Å². The first-order valence-electron chi connectivity index (χ1n) is 7.66. The average Bonchev–Trinajstić information content (AvgIpc) is 3.07. The molecule has 1 aliphatic rings. The number of hydrogen-bond acceptors (Lipinski definition) is 5. The number of carbonyl (C=O) groups is 1. The fraction of sp³-hybridized carbons (Fsp3) is 0.353. The predicted molar refractivity (Wildman–Crippen MR) is 95.3 cm³/mol. The molecule has 1 fully saturated rings. The van der Waals surface area contributed by atoms with Gasteiger partial charge in [-0.05, 0) is 37.6 Å². The molecular formula is C17H19ClN2O2S. The molecule has 1 saturated heterocycles. The Kier molecular flexibility index (Phi) is 5.20. The maximum absolute atomic E-state index is 12.1. The fourth-order valence-electron chi connectivity index (χ4n) is 2.96. The second kappa shape index (κ2) is 7.34. The van der Waals surface area contributed by atoms with Gasteiger partial charge in [0.15, 0.2) is 0 Å². The van der Waals surface area contributed by atoms with E-state index in [2.05, 4.69) is 20.6 Å². The van der Waals surface area contributed by atoms with Crippen molar-refractivity contribution in [2.24, 2.45) is 0 Å². The van der Waals surface area contributed by atoms with Gasteiger partial charge in [0.2, 0.25) is 0 Å². The highest BCUT2D eigenvalue weighted by molar-refractivity contribution is 7.18. The summed E-state index contributed by atoms with van der Waals surface area (Å²) >= 11 is 6.75. The van der Waals surface area contributed by atoms with Crippen LogP contribution in [0.25, 0.3) is 10.4 Å². The van der Waals surface area contributed by atoms with Gasteiger partial charge in [0.1, 0.15) is 16.7 Å². The second-order valence-corrected chi connectivity index (χ2v) is 6.85. The number of halogens is 1. The lowest BCUT2D eigenvalue weighted by Gasteiger charge is -2.33. The second-order valence-electron chi connectivity index (χ2n) is 5.65. The number of anilines is 1. The van der Waals surface area contributed by atoms with Crippen LogP contribution in [0.3, 0.4) is 0 Å². The molecule has 1 aromatic heterocycles. The lowest BCUT2D eigenvalue weighted by molar-refractivity contribution is 0.0757. The summed E-state index contributed by atoms with van der Waals surface area (Å²) < 4.78 is 4.47. The van der Waals surface area contributed by atoms with Crippen LogP contribution in [0.1, 0.15) is 22.5 Å². The van der Waals surface area contributed by atoms with E-state index < -0.39 is 5.97 Å². The minimum atomic E-state index is -0.491. The Balaban J connectivity index is 1.96. The lowest BCUT2D eigenvalue weighted by atomic mass is 10.0. The van der Waals surface area contributed by atoms with Crippen molar-refractivity contribution < 1.29 is 9.08 Å². The topological polar surface area (TPSA) is 41.6 Å². The molecule has 6 heteroatoms. The van der Waals surface area contributed by atoms with Gasteiger partial charge in [-0.25, -0.2) is 4.79 Å². The van der Waals surface area contributed by atoms with Crippen molar-refractivity contribution >= 4 is 34.9 Å². The van der Waals surface area contributed by atoms with Crippen molar-refractivity contribution in [2.75, 3.05) is 25.0 Å². The third kappa shape index (κ3) is 3.52. The molecule has 0 spiro atoms. The van der Waals surface area contributed by atoms with E-state index in [1.807, 2.05) is 37.4 Å². The maximum atomic E-state index is 12.1. The molecule has 1 aromatic carbocycles. The number of benzene rings is 1. The van der Waals surface area contributed by atoms with Crippen LogP contribution >= 0.6 is 23.2 Å². The number of carbonyl (C=O) groups excluding carboxylic acids is 1. The molecule has 4 nitrogen and oxygen atoms in total. The monoisotopic (exact) mass is 350 g/mol. The van der Waals surface area contributed by atoms with Gasteiger partial charge in [-0.3, -0.25) is 0 Å². The van der Waals surface area contributed by atoms with E-state index in [1.165, 1.54) is 11.3 Å². The number of nitrogens with zero attached hydrogens (tertiary/aromatic N) is 1. The van der Waals surface area contributed by atoms with E-state index >= 15 is 0 Å². The molecule has 1 aliphatic heterocycles. The largest absolute Gasteiger partial charge is 0.370 e. The predicted octanol–water partition coefficient (Wildman–Crippen LogP) is 3.91. The quantitative estimate of drug-likeness (QED) is 0.907. The van der Waals surface area contributed by atoms with E-state index in [0.717, 1.165) is 42.1 Å². The normalized spacial score (nSPS) is 15.4. The molecule has 0 atom stereocenters. The Morgan fingerprint density at radius 3 is 2.65 bits per heavy atom. The zero-order valence-corrected chi connectivity index (χ0v) is 14.5. The van der Waals surface area contributed by atoms with E-state index in [1.54, 1.807) is 0 Å². The van der Waals surface area contributed by atoms with Crippen LogP contribution < -0.4 is 10.2 Å². The lowest BCUT2D eigenvalue weighted by Crippen LogP contribution is -2.41. The van der Waals surface area contributed by atoms with E-state index in [-0.39, 0.29) is 0 Å². The van der Waals surface area contributed by atoms with Crippen molar-refractivity contribution in [3.8, 4) is 10.4 Å². The Morgan fingerprint density at radius 1 is 1.30 bits per heavy atom. The minimum absolute atomic E-state index is 0.413. The highest BCUT2D eigenvalue weighted by atomic mass is 35.5. The van der Waals surface area contributed by atoms with Gasteiger partial charge in [0.05, 0.1) is 5.69 Å². The zero-order chi connectivity index (χ0) is 16.2. The Bertz CT molecular complexity index is 668. The molecule has 2 heterocycles. The number of rotatable bonds is 4. The van der Waals surface area contributed by atoms with Crippen molar-refractivity contribution in [3.63, 3.8) is 0 Å². The molecule has 2 aromatic rings. The van der Waals surface area contributed by atoms with Crippen molar-refractivity contribution in [3.05, 3.63) is 41.3 Å². The number of hydrogen-bond donors (Lipinski definition) is 1. The molecule has 0 amide bonds. The Labute approximate surface area is 145 Å². The third-order valence-corrected chi connectivity index (χ3v) is 5.56. The summed E-state index contributed by atoms with van der Waals surface area (Å²) in [6, 6.07) is 12.5. The summed E-state index contributed by atoms with van der Waals surface area (Å²) in [6.07, 6.45) is 2.12. The first kappa shape index (κ1) is 16.3. The summed E-state index contributed by atoms with van der Waals surface area (Å²) in [5.74, 6) is -0.491. The maximum Gasteiger partial charge on any atom is 0.368 e. The summed E-state index contributed by atoms with van der Waals surface area (Å²) in [5, 5.41) is 3.36. The van der Waals surface area contributed by atoms with Gasteiger partial charge in [0.25, 0.3) is 0 Å². The van der Waals surface area contributed by atoms with Crippen LogP contribution in [0.15, 0.2) is 36.4 Å². The van der Waals surface area contributed by atoms with Crippen LogP contribution in [0.5, 0.6) is 0 Å². The number of nitrogens with one attached hydrogen (secondary N) is 1. The SMILES string of the molecule is CN(c1cc(-c2ccccc2)sc1C(=O)OCl)C1CCNCC1. The summed E-state index contributed by atoms with van der Waals surface area (Å²) in [6.45, 7) is 2.00. The summed E-state index contributed by atoms with van der Waals surface area (Å²) in [4.78, 5) is 15.9. The summed E-state index contributed by atoms with van der Waals surface area (Å²) in [7, 11) is 2.04. The van der Waals surface area contributed by atoms with Gasteiger partial charge in [-0.1, -0.05) is 30.3 Å². The van der Waals surface area contributed by atoms with Crippen LogP contribution in [-0.2, 0) is 4.29 Å². The van der Waals surface area contributed by atoms with Crippen LogP contribution in [0.2, 0.25) is 0 Å². The molecule has 0 unspecified atom stereocenters. The van der Waals surface area contributed by atoms with E-state index in [0.29, 0.717) is 10.9 Å². The van der Waals surface area contributed by atoms with E-state index in [9.17, 15) is 4.79 Å². The number of piperidine rings is 1. The van der Waals surface area contributed by atoms with Gasteiger partial charge in [-0.2, -0.15) is 0 Å². The van der Waals surface area contributed by atoms with Gasteiger partial charge < -0.3 is 14.5 Å². The van der Waals surface area contributed by atoms with Crippen LogP contribution in [0, 0.1) is 0 Å². The highest BCUT2D eigenvalue weighted by Crippen LogP contribution is 2.38. The zero-order valence-electron chi connectivity index (χ0n) is 12.9.